The molecule has 4 nitrogen and oxygen atoms in total. The van der Waals surface area contributed by atoms with Gasteiger partial charge in [0.2, 0.25) is 0 Å². The Kier molecular flexibility index (Phi) is 3.48. The first-order chi connectivity index (χ1) is 8.59. The highest BCUT2D eigenvalue weighted by molar-refractivity contribution is 5.75. The highest BCUT2D eigenvalue weighted by Gasteiger charge is 2.16. The smallest absolute Gasteiger partial charge is 0.310 e. The van der Waals surface area contributed by atoms with Crippen LogP contribution < -0.4 is 0 Å². The van der Waals surface area contributed by atoms with Crippen molar-refractivity contribution in [1.29, 1.82) is 0 Å². The third-order valence-electron chi connectivity index (χ3n) is 3.01. The van der Waals surface area contributed by atoms with Gasteiger partial charge in [-0.05, 0) is 30.2 Å². The van der Waals surface area contributed by atoms with Crippen molar-refractivity contribution in [2.75, 3.05) is 0 Å². The van der Waals surface area contributed by atoms with E-state index in [0.29, 0.717) is 16.8 Å². The molecule has 4 heteroatoms. The van der Waals surface area contributed by atoms with Crippen LogP contribution in [0.4, 0.5) is 0 Å². The number of carboxylic acid groups (broad SMARTS) is 1. The Labute approximate surface area is 105 Å². The molecule has 0 radical (unpaired) electrons. The number of hydrogen-bond acceptors (Lipinski definition) is 2. The Balaban J connectivity index is 2.30. The number of benzene rings is 1. The van der Waals surface area contributed by atoms with Crippen LogP contribution in [-0.2, 0) is 4.79 Å². The SMILES string of the molecule is CC(C(=O)O)c1cccc(C(O)c2ccc[nH]2)c1. The molecule has 0 aliphatic rings. The fraction of sp³-hybridized carbons (Fsp3) is 0.214. The van der Waals surface area contributed by atoms with Gasteiger partial charge >= 0.3 is 5.97 Å². The minimum absolute atomic E-state index is 0.583. The highest BCUT2D eigenvalue weighted by Crippen LogP contribution is 2.24. The summed E-state index contributed by atoms with van der Waals surface area (Å²) in [5.41, 5.74) is 2.06. The maximum absolute atomic E-state index is 10.9. The molecule has 1 aromatic heterocycles. The summed E-state index contributed by atoms with van der Waals surface area (Å²) in [4.78, 5) is 13.9. The van der Waals surface area contributed by atoms with Crippen LogP contribution in [0.1, 0.15) is 35.8 Å². The number of nitrogens with one attached hydrogen (secondary N) is 1. The number of hydrogen-bond donors (Lipinski definition) is 3. The lowest BCUT2D eigenvalue weighted by Crippen LogP contribution is -2.08. The number of aliphatic carboxylic acids is 1. The second-order valence-electron chi connectivity index (χ2n) is 4.26. The van der Waals surface area contributed by atoms with Gasteiger partial charge in [0.1, 0.15) is 6.10 Å². The minimum atomic E-state index is -0.874. The number of aliphatic hydroxyl groups excluding tert-OH is 1. The fourth-order valence-corrected chi connectivity index (χ4v) is 1.83. The van der Waals surface area contributed by atoms with E-state index in [-0.39, 0.29) is 0 Å². The van der Waals surface area contributed by atoms with E-state index in [1.165, 1.54) is 0 Å². The summed E-state index contributed by atoms with van der Waals surface area (Å²) in [5, 5.41) is 19.1. The molecule has 94 valence electrons. The number of carboxylic acids is 1. The van der Waals surface area contributed by atoms with Gasteiger partial charge in [-0.3, -0.25) is 4.79 Å². The first-order valence-electron chi connectivity index (χ1n) is 5.73. The Morgan fingerprint density at radius 1 is 1.22 bits per heavy atom. The van der Waals surface area contributed by atoms with Crippen molar-refractivity contribution in [3.63, 3.8) is 0 Å². The molecule has 0 fully saturated rings. The normalized spacial score (nSPS) is 14.1. The van der Waals surface area contributed by atoms with Gasteiger partial charge in [-0.25, -0.2) is 0 Å². The van der Waals surface area contributed by atoms with Gasteiger partial charge in [-0.1, -0.05) is 24.3 Å². The van der Waals surface area contributed by atoms with Gasteiger partial charge in [0.15, 0.2) is 0 Å². The summed E-state index contributed by atoms with van der Waals surface area (Å²) < 4.78 is 0. The Hall–Kier alpha value is -2.07. The zero-order valence-electron chi connectivity index (χ0n) is 10.00. The maximum atomic E-state index is 10.9. The molecule has 2 atom stereocenters. The fourth-order valence-electron chi connectivity index (χ4n) is 1.83. The van der Waals surface area contributed by atoms with Crippen LogP contribution in [0.5, 0.6) is 0 Å². The molecular weight excluding hydrogens is 230 g/mol. The molecule has 18 heavy (non-hydrogen) atoms. The molecule has 2 rings (SSSR count). The van der Waals surface area contributed by atoms with Gasteiger partial charge in [0.05, 0.1) is 5.92 Å². The van der Waals surface area contributed by atoms with Crippen molar-refractivity contribution < 1.29 is 15.0 Å². The predicted octanol–water partition coefficient (Wildman–Crippen LogP) is 2.28. The van der Waals surface area contributed by atoms with Crippen LogP contribution in [0.25, 0.3) is 0 Å². The maximum Gasteiger partial charge on any atom is 0.310 e. The number of aliphatic hydroxyl groups is 1. The van der Waals surface area contributed by atoms with E-state index in [2.05, 4.69) is 4.98 Å². The number of H-pyrrole nitrogens is 1. The number of aromatic amines is 1. The molecule has 1 heterocycles. The molecule has 1 aromatic carbocycles. The number of carbonyl (C=O) groups is 1. The molecule has 0 spiro atoms. The summed E-state index contributed by atoms with van der Waals surface area (Å²) >= 11 is 0. The van der Waals surface area contributed by atoms with E-state index >= 15 is 0 Å². The summed E-state index contributed by atoms with van der Waals surface area (Å²) in [6.45, 7) is 1.63. The number of aromatic nitrogens is 1. The molecule has 3 N–H and O–H groups in total. The van der Waals surface area contributed by atoms with Crippen molar-refractivity contribution in [2.45, 2.75) is 18.9 Å². The van der Waals surface area contributed by atoms with E-state index in [1.54, 1.807) is 43.5 Å². The predicted molar refractivity (Wildman–Crippen MR) is 67.3 cm³/mol. The minimum Gasteiger partial charge on any atom is -0.481 e. The molecule has 2 unspecified atom stereocenters. The van der Waals surface area contributed by atoms with Crippen molar-refractivity contribution in [2.24, 2.45) is 0 Å². The van der Waals surface area contributed by atoms with Crippen LogP contribution in [0, 0.1) is 0 Å². The van der Waals surface area contributed by atoms with Crippen LogP contribution in [-0.4, -0.2) is 21.2 Å². The lowest BCUT2D eigenvalue weighted by atomic mass is 9.96. The lowest BCUT2D eigenvalue weighted by Gasteiger charge is -2.13. The summed E-state index contributed by atoms with van der Waals surface area (Å²) in [5.74, 6) is -1.46. The van der Waals surface area contributed by atoms with Crippen LogP contribution >= 0.6 is 0 Å². The largest absolute Gasteiger partial charge is 0.481 e. The zero-order chi connectivity index (χ0) is 13.1. The molecular formula is C14H15NO3. The topological polar surface area (TPSA) is 73.3 Å². The summed E-state index contributed by atoms with van der Waals surface area (Å²) in [6, 6.07) is 10.6. The first-order valence-corrected chi connectivity index (χ1v) is 5.73. The quantitative estimate of drug-likeness (QED) is 0.773. The molecule has 0 bridgehead atoms. The van der Waals surface area contributed by atoms with Crippen molar-refractivity contribution in [1.82, 2.24) is 4.98 Å². The van der Waals surface area contributed by atoms with Gasteiger partial charge < -0.3 is 15.2 Å². The third-order valence-corrected chi connectivity index (χ3v) is 3.01. The van der Waals surface area contributed by atoms with Gasteiger partial charge in [-0.2, -0.15) is 0 Å². The second kappa shape index (κ2) is 5.06. The van der Waals surface area contributed by atoms with E-state index < -0.39 is 18.0 Å². The monoisotopic (exact) mass is 245 g/mol. The average Bonchev–Trinajstić information content (AvgIpc) is 2.91. The second-order valence-corrected chi connectivity index (χ2v) is 4.26. The summed E-state index contributed by atoms with van der Waals surface area (Å²) in [6.07, 6.45) is 0.975. The first kappa shape index (κ1) is 12.4. The lowest BCUT2D eigenvalue weighted by molar-refractivity contribution is -0.138. The third kappa shape index (κ3) is 2.43. The number of rotatable bonds is 4. The van der Waals surface area contributed by atoms with E-state index in [0.717, 1.165) is 0 Å². The Morgan fingerprint density at radius 3 is 2.56 bits per heavy atom. The summed E-state index contributed by atoms with van der Waals surface area (Å²) in [7, 11) is 0. The molecule has 0 saturated carbocycles. The van der Waals surface area contributed by atoms with Crippen molar-refractivity contribution in [3.05, 3.63) is 59.4 Å². The Bertz CT molecular complexity index is 534. The molecule has 0 aliphatic heterocycles. The van der Waals surface area contributed by atoms with Crippen LogP contribution in [0.15, 0.2) is 42.6 Å². The highest BCUT2D eigenvalue weighted by atomic mass is 16.4. The Morgan fingerprint density at radius 2 is 1.94 bits per heavy atom. The van der Waals surface area contributed by atoms with E-state index in [9.17, 15) is 9.90 Å². The van der Waals surface area contributed by atoms with Crippen LogP contribution in [0.2, 0.25) is 0 Å². The standard InChI is InChI=1S/C14H15NO3/c1-9(14(17)18)10-4-2-5-11(8-10)13(16)12-6-3-7-15-12/h2-9,13,15-16H,1H3,(H,17,18). The van der Waals surface area contributed by atoms with E-state index in [4.69, 9.17) is 5.11 Å². The van der Waals surface area contributed by atoms with E-state index in [1.807, 2.05) is 6.07 Å². The molecule has 0 aliphatic carbocycles. The zero-order valence-corrected chi connectivity index (χ0v) is 10.00. The molecule has 0 amide bonds. The van der Waals surface area contributed by atoms with Gasteiger partial charge in [-0.15, -0.1) is 0 Å². The molecule has 2 aromatic rings. The van der Waals surface area contributed by atoms with Gasteiger partial charge in [0, 0.05) is 11.9 Å². The van der Waals surface area contributed by atoms with Crippen molar-refractivity contribution in [3.8, 4) is 0 Å². The van der Waals surface area contributed by atoms with Crippen LogP contribution in [0.3, 0.4) is 0 Å². The molecule has 0 saturated heterocycles. The average molecular weight is 245 g/mol. The van der Waals surface area contributed by atoms with Gasteiger partial charge in [0.25, 0.3) is 0 Å². The van der Waals surface area contributed by atoms with Crippen molar-refractivity contribution >= 4 is 5.97 Å².